The predicted molar refractivity (Wildman–Crippen MR) is 121 cm³/mol. The number of ether oxygens (including phenoxy) is 1. The van der Waals surface area contributed by atoms with Crippen LogP contribution in [-0.4, -0.2) is 33.9 Å². The van der Waals surface area contributed by atoms with E-state index >= 15 is 0 Å². The van der Waals surface area contributed by atoms with Gasteiger partial charge in [-0.1, -0.05) is 23.7 Å². The van der Waals surface area contributed by atoms with Gasteiger partial charge in [-0.15, -0.1) is 0 Å². The first-order valence-corrected chi connectivity index (χ1v) is 11.3. The monoisotopic (exact) mass is 491 g/mol. The summed E-state index contributed by atoms with van der Waals surface area (Å²) in [5, 5.41) is 0.377. The molecule has 2 amide bonds. The first-order valence-electron chi connectivity index (χ1n) is 9.49. The van der Waals surface area contributed by atoms with Crippen LogP contribution in [0, 0.1) is 5.82 Å². The number of rotatable bonds is 7. The van der Waals surface area contributed by atoms with E-state index in [-0.39, 0.29) is 16.2 Å². The van der Waals surface area contributed by atoms with Gasteiger partial charge in [0.2, 0.25) is 0 Å². The number of sulfonamides is 1. The molecular formula is C22H19ClFN3O5S. The highest BCUT2D eigenvalue weighted by atomic mass is 35.5. The van der Waals surface area contributed by atoms with E-state index in [4.69, 9.17) is 16.3 Å². The molecule has 0 bridgehead atoms. The predicted octanol–water partition coefficient (Wildman–Crippen LogP) is 3.14. The van der Waals surface area contributed by atoms with Gasteiger partial charge in [-0.3, -0.25) is 24.7 Å². The number of nitrogens with zero attached hydrogens (tertiary/aromatic N) is 1. The van der Waals surface area contributed by atoms with Crippen LogP contribution in [0.2, 0.25) is 5.02 Å². The lowest BCUT2D eigenvalue weighted by molar-refractivity contribution is -0.123. The molecule has 3 rings (SSSR count). The molecule has 11 heteroatoms. The number of hydrazine groups is 1. The molecule has 8 nitrogen and oxygen atoms in total. The van der Waals surface area contributed by atoms with E-state index in [2.05, 4.69) is 10.9 Å². The summed E-state index contributed by atoms with van der Waals surface area (Å²) in [5.41, 5.74) is 4.71. The van der Waals surface area contributed by atoms with Crippen molar-refractivity contribution in [2.24, 2.45) is 0 Å². The number of carbonyl (C=O) groups is 2. The Hall–Kier alpha value is -3.63. The molecule has 0 spiro atoms. The van der Waals surface area contributed by atoms with Crippen LogP contribution in [0.4, 0.5) is 10.1 Å². The van der Waals surface area contributed by atoms with Crippen LogP contribution in [0.25, 0.3) is 0 Å². The minimum atomic E-state index is -3.98. The summed E-state index contributed by atoms with van der Waals surface area (Å²) in [6, 6.07) is 16.7. The molecule has 0 aliphatic heterocycles. The fourth-order valence-electron chi connectivity index (χ4n) is 2.68. The second-order valence-corrected chi connectivity index (χ2v) is 9.13. The zero-order valence-electron chi connectivity index (χ0n) is 17.3. The van der Waals surface area contributed by atoms with Crippen molar-refractivity contribution in [2.45, 2.75) is 4.90 Å². The molecule has 2 N–H and O–H groups in total. The van der Waals surface area contributed by atoms with E-state index in [0.29, 0.717) is 10.7 Å². The number of hydrogen-bond acceptors (Lipinski definition) is 5. The molecule has 0 aliphatic rings. The highest BCUT2D eigenvalue weighted by Crippen LogP contribution is 2.25. The second-order valence-electron chi connectivity index (χ2n) is 6.73. The third-order valence-electron chi connectivity index (χ3n) is 4.43. The summed E-state index contributed by atoms with van der Waals surface area (Å²) >= 11 is 5.94. The number of carbonyl (C=O) groups excluding carboxylic acids is 2. The van der Waals surface area contributed by atoms with E-state index in [9.17, 15) is 22.4 Å². The first-order chi connectivity index (χ1) is 15.7. The standard InChI is InChI=1S/C22H19ClFN3O5S/c1-27(18-6-3-5-16(23)13-18)33(30,31)20-7-2-4-15(12-20)22(29)26-25-21(28)14-32-19-10-8-17(24)9-11-19/h2-13H,14H2,1H3,(H,25,28)(H,26,29). The lowest BCUT2D eigenvalue weighted by Crippen LogP contribution is -2.43. The Morgan fingerprint density at radius 3 is 2.39 bits per heavy atom. The molecule has 3 aromatic carbocycles. The minimum absolute atomic E-state index is 0.00956. The molecule has 0 aromatic heterocycles. The van der Waals surface area contributed by atoms with E-state index < -0.39 is 34.3 Å². The van der Waals surface area contributed by atoms with Gasteiger partial charge in [0.1, 0.15) is 11.6 Å². The number of nitrogens with one attached hydrogen (secondary N) is 2. The zero-order chi connectivity index (χ0) is 24.0. The minimum Gasteiger partial charge on any atom is -0.484 e. The number of amides is 2. The Labute approximate surface area is 195 Å². The van der Waals surface area contributed by atoms with Crippen LogP contribution in [-0.2, 0) is 14.8 Å². The zero-order valence-corrected chi connectivity index (χ0v) is 18.9. The number of hydrogen-bond donors (Lipinski definition) is 2. The van der Waals surface area contributed by atoms with E-state index in [1.807, 2.05) is 0 Å². The Morgan fingerprint density at radius 2 is 1.70 bits per heavy atom. The van der Waals surface area contributed by atoms with Gasteiger partial charge in [-0.2, -0.15) is 0 Å². The molecule has 0 fully saturated rings. The van der Waals surface area contributed by atoms with E-state index in [0.717, 1.165) is 4.31 Å². The van der Waals surface area contributed by atoms with Gasteiger partial charge in [-0.25, -0.2) is 12.8 Å². The molecule has 0 aliphatic carbocycles. The van der Waals surface area contributed by atoms with Gasteiger partial charge < -0.3 is 4.74 Å². The highest BCUT2D eigenvalue weighted by molar-refractivity contribution is 7.92. The van der Waals surface area contributed by atoms with Gasteiger partial charge in [0, 0.05) is 17.6 Å². The summed E-state index contributed by atoms with van der Waals surface area (Å²) in [6.07, 6.45) is 0. The topological polar surface area (TPSA) is 105 Å². The molecular weight excluding hydrogens is 473 g/mol. The summed E-state index contributed by atoms with van der Waals surface area (Å²) < 4.78 is 45.0. The van der Waals surface area contributed by atoms with Crippen LogP contribution in [0.15, 0.2) is 77.7 Å². The Balaban J connectivity index is 1.62. The normalized spacial score (nSPS) is 10.9. The molecule has 172 valence electrons. The van der Waals surface area contributed by atoms with Gasteiger partial charge in [0.05, 0.1) is 10.6 Å². The molecule has 0 saturated heterocycles. The maximum absolute atomic E-state index is 13.0. The molecule has 0 unspecified atom stereocenters. The summed E-state index contributed by atoms with van der Waals surface area (Å²) in [4.78, 5) is 24.1. The van der Waals surface area contributed by atoms with Crippen LogP contribution in [0.5, 0.6) is 5.75 Å². The summed E-state index contributed by atoms with van der Waals surface area (Å²) in [7, 11) is -2.61. The van der Waals surface area contributed by atoms with Crippen LogP contribution in [0.3, 0.4) is 0 Å². The number of halogens is 2. The number of benzene rings is 3. The third kappa shape index (κ3) is 6.21. The Kier molecular flexibility index (Phi) is 7.52. The number of anilines is 1. The fourth-order valence-corrected chi connectivity index (χ4v) is 4.10. The Morgan fingerprint density at radius 1 is 1.00 bits per heavy atom. The van der Waals surface area contributed by atoms with Crippen LogP contribution < -0.4 is 19.9 Å². The van der Waals surface area contributed by atoms with Crippen molar-refractivity contribution in [3.63, 3.8) is 0 Å². The van der Waals surface area contributed by atoms with Gasteiger partial charge >= 0.3 is 0 Å². The first kappa shape index (κ1) is 24.0. The second kappa shape index (κ2) is 10.3. The lowest BCUT2D eigenvalue weighted by Gasteiger charge is -2.20. The van der Waals surface area contributed by atoms with Crippen LogP contribution >= 0.6 is 11.6 Å². The van der Waals surface area contributed by atoms with Crippen molar-refractivity contribution in [3.8, 4) is 5.75 Å². The lowest BCUT2D eigenvalue weighted by atomic mass is 10.2. The Bertz CT molecular complexity index is 1270. The summed E-state index contributed by atoms with van der Waals surface area (Å²) in [5.74, 6) is -1.56. The van der Waals surface area contributed by atoms with Crippen molar-refractivity contribution in [1.29, 1.82) is 0 Å². The maximum Gasteiger partial charge on any atom is 0.276 e. The average molecular weight is 492 g/mol. The smallest absolute Gasteiger partial charge is 0.276 e. The maximum atomic E-state index is 13.0. The molecule has 3 aromatic rings. The molecule has 0 saturated carbocycles. The third-order valence-corrected chi connectivity index (χ3v) is 6.44. The van der Waals surface area contributed by atoms with E-state index in [1.165, 1.54) is 61.6 Å². The van der Waals surface area contributed by atoms with Crippen molar-refractivity contribution in [1.82, 2.24) is 10.9 Å². The summed E-state index contributed by atoms with van der Waals surface area (Å²) in [6.45, 7) is -0.426. The largest absolute Gasteiger partial charge is 0.484 e. The molecule has 0 heterocycles. The fraction of sp³-hybridized carbons (Fsp3) is 0.0909. The molecule has 0 atom stereocenters. The van der Waals surface area contributed by atoms with Gasteiger partial charge in [0.25, 0.3) is 21.8 Å². The van der Waals surface area contributed by atoms with Gasteiger partial charge in [0.15, 0.2) is 6.61 Å². The van der Waals surface area contributed by atoms with Crippen molar-refractivity contribution in [2.75, 3.05) is 18.0 Å². The average Bonchev–Trinajstić information content (AvgIpc) is 2.81. The van der Waals surface area contributed by atoms with Gasteiger partial charge in [-0.05, 0) is 60.7 Å². The van der Waals surface area contributed by atoms with Crippen molar-refractivity contribution in [3.05, 3.63) is 89.2 Å². The van der Waals surface area contributed by atoms with E-state index in [1.54, 1.807) is 18.2 Å². The van der Waals surface area contributed by atoms with Crippen molar-refractivity contribution >= 4 is 39.1 Å². The molecule has 33 heavy (non-hydrogen) atoms. The van der Waals surface area contributed by atoms with Crippen molar-refractivity contribution < 1.29 is 27.1 Å². The quantitative estimate of drug-likeness (QED) is 0.494. The highest BCUT2D eigenvalue weighted by Gasteiger charge is 2.22. The molecule has 0 radical (unpaired) electrons. The SMILES string of the molecule is CN(c1cccc(Cl)c1)S(=O)(=O)c1cccc(C(=O)NNC(=O)COc2ccc(F)cc2)c1. The van der Waals surface area contributed by atoms with Crippen LogP contribution in [0.1, 0.15) is 10.4 Å².